The molecule has 1 fully saturated rings. The Balaban J connectivity index is 1.34. The van der Waals surface area contributed by atoms with Gasteiger partial charge in [0.2, 0.25) is 5.91 Å². The summed E-state index contributed by atoms with van der Waals surface area (Å²) < 4.78 is 0. The molecule has 152 valence electrons. The van der Waals surface area contributed by atoms with Crippen LogP contribution in [0.3, 0.4) is 0 Å². The number of piperidine rings is 1. The summed E-state index contributed by atoms with van der Waals surface area (Å²) in [4.78, 5) is 29.4. The first-order valence-electron chi connectivity index (χ1n) is 10.6. The molecule has 3 amide bonds. The van der Waals surface area contributed by atoms with Crippen molar-refractivity contribution in [2.75, 3.05) is 25.5 Å². The molecule has 0 aromatic heterocycles. The van der Waals surface area contributed by atoms with Crippen molar-refractivity contribution in [1.82, 2.24) is 9.80 Å². The number of nitrogens with one attached hydrogen (secondary N) is 1. The van der Waals surface area contributed by atoms with E-state index in [0.29, 0.717) is 13.1 Å². The summed E-state index contributed by atoms with van der Waals surface area (Å²) >= 11 is 0. The van der Waals surface area contributed by atoms with Gasteiger partial charge in [0.15, 0.2) is 0 Å². The van der Waals surface area contributed by atoms with Crippen molar-refractivity contribution >= 4 is 17.6 Å². The highest BCUT2D eigenvalue weighted by molar-refractivity contribution is 5.89. The van der Waals surface area contributed by atoms with Crippen LogP contribution >= 0.6 is 0 Å². The molecule has 2 aromatic carbocycles. The topological polar surface area (TPSA) is 52.7 Å². The number of likely N-dealkylation sites (tertiary alicyclic amines) is 1. The van der Waals surface area contributed by atoms with Crippen LogP contribution in [-0.4, -0.2) is 41.9 Å². The molecule has 0 bridgehead atoms. The first-order chi connectivity index (χ1) is 14.1. The first kappa shape index (κ1) is 19.5. The average molecular weight is 392 g/mol. The van der Waals surface area contributed by atoms with E-state index < -0.39 is 0 Å². The van der Waals surface area contributed by atoms with E-state index in [9.17, 15) is 9.59 Å². The van der Waals surface area contributed by atoms with E-state index in [1.54, 1.807) is 0 Å². The van der Waals surface area contributed by atoms with Gasteiger partial charge < -0.3 is 15.1 Å². The molecule has 0 radical (unpaired) electrons. The molecule has 5 nitrogen and oxygen atoms in total. The highest BCUT2D eigenvalue weighted by Crippen LogP contribution is 2.35. The standard InChI is InChI=1S/C24H29N3O2/c1-26(22-13-7-9-18-8-5-6-12-21(18)22)23(28)19-14-16-27(17-15-19)24(29)25-20-10-3-2-4-11-20/h2-6,8,10-12,19,22H,7,9,13-17H2,1H3,(H,25,29). The molecule has 4 rings (SSSR count). The summed E-state index contributed by atoms with van der Waals surface area (Å²) in [5.41, 5.74) is 3.47. The highest BCUT2D eigenvalue weighted by atomic mass is 16.2. The average Bonchev–Trinajstić information content (AvgIpc) is 2.78. The number of urea groups is 1. The zero-order valence-corrected chi connectivity index (χ0v) is 17.0. The molecule has 1 heterocycles. The molecule has 2 aliphatic rings. The molecule has 1 aliphatic heterocycles. The van der Waals surface area contributed by atoms with Gasteiger partial charge in [-0.3, -0.25) is 4.79 Å². The lowest BCUT2D eigenvalue weighted by molar-refractivity contribution is -0.138. The number of hydrogen-bond acceptors (Lipinski definition) is 2. The summed E-state index contributed by atoms with van der Waals surface area (Å²) in [5, 5.41) is 2.93. The second-order valence-corrected chi connectivity index (χ2v) is 8.11. The fraction of sp³-hybridized carbons (Fsp3) is 0.417. The molecule has 29 heavy (non-hydrogen) atoms. The van der Waals surface area contributed by atoms with E-state index in [-0.39, 0.29) is 23.9 Å². The summed E-state index contributed by atoms with van der Waals surface area (Å²) in [6.07, 6.45) is 4.69. The Labute approximate surface area is 172 Å². The Morgan fingerprint density at radius 1 is 0.966 bits per heavy atom. The number of nitrogens with zero attached hydrogens (tertiary/aromatic N) is 2. The molecule has 1 N–H and O–H groups in total. The lowest BCUT2D eigenvalue weighted by Gasteiger charge is -2.38. The highest BCUT2D eigenvalue weighted by Gasteiger charge is 2.33. The fourth-order valence-corrected chi connectivity index (χ4v) is 4.63. The van der Waals surface area contributed by atoms with Gasteiger partial charge in [-0.15, -0.1) is 0 Å². The minimum absolute atomic E-state index is 0.00476. The minimum atomic E-state index is -0.0864. The van der Waals surface area contributed by atoms with Gasteiger partial charge >= 0.3 is 6.03 Å². The van der Waals surface area contributed by atoms with Gasteiger partial charge in [-0.25, -0.2) is 4.79 Å². The number of rotatable bonds is 3. The number of para-hydroxylation sites is 1. The van der Waals surface area contributed by atoms with Crippen molar-refractivity contribution in [1.29, 1.82) is 0 Å². The number of anilines is 1. The third-order valence-corrected chi connectivity index (χ3v) is 6.31. The number of hydrogen-bond donors (Lipinski definition) is 1. The van der Waals surface area contributed by atoms with Crippen LogP contribution in [0.15, 0.2) is 54.6 Å². The Bertz CT molecular complexity index is 859. The molecular formula is C24H29N3O2. The fourth-order valence-electron chi connectivity index (χ4n) is 4.63. The molecule has 1 saturated heterocycles. The van der Waals surface area contributed by atoms with E-state index in [1.807, 2.05) is 47.2 Å². The summed E-state index contributed by atoms with van der Waals surface area (Å²) in [5.74, 6) is 0.213. The third kappa shape index (κ3) is 4.29. The van der Waals surface area contributed by atoms with E-state index >= 15 is 0 Å². The minimum Gasteiger partial charge on any atom is -0.338 e. The molecule has 2 aromatic rings. The van der Waals surface area contributed by atoms with Crippen LogP contribution in [0, 0.1) is 5.92 Å². The van der Waals surface area contributed by atoms with Crippen LogP contribution in [0.2, 0.25) is 0 Å². The molecule has 1 unspecified atom stereocenters. The number of carbonyl (C=O) groups is 2. The van der Waals surface area contributed by atoms with Crippen molar-refractivity contribution in [3.8, 4) is 0 Å². The number of fused-ring (bicyclic) bond motifs is 1. The number of aryl methyl sites for hydroxylation is 1. The number of amides is 3. The lowest BCUT2D eigenvalue weighted by atomic mass is 9.86. The van der Waals surface area contributed by atoms with Crippen molar-refractivity contribution in [2.24, 2.45) is 5.92 Å². The van der Waals surface area contributed by atoms with Crippen LogP contribution in [-0.2, 0) is 11.2 Å². The largest absolute Gasteiger partial charge is 0.338 e. The molecule has 1 aliphatic carbocycles. The quantitative estimate of drug-likeness (QED) is 0.839. The first-order valence-corrected chi connectivity index (χ1v) is 10.6. The normalized spacial score (nSPS) is 19.3. The van der Waals surface area contributed by atoms with Gasteiger partial charge in [0.05, 0.1) is 6.04 Å². The van der Waals surface area contributed by atoms with Crippen molar-refractivity contribution in [3.63, 3.8) is 0 Å². The summed E-state index contributed by atoms with van der Waals surface area (Å²) in [7, 11) is 1.95. The van der Waals surface area contributed by atoms with E-state index in [2.05, 4.69) is 29.6 Å². The molecule has 0 saturated carbocycles. The Morgan fingerprint density at radius 2 is 1.66 bits per heavy atom. The maximum atomic E-state index is 13.2. The second kappa shape index (κ2) is 8.68. The lowest BCUT2D eigenvalue weighted by Crippen LogP contribution is -2.45. The second-order valence-electron chi connectivity index (χ2n) is 8.11. The third-order valence-electron chi connectivity index (χ3n) is 6.31. The van der Waals surface area contributed by atoms with Gasteiger partial charge in [0, 0.05) is 31.7 Å². The maximum Gasteiger partial charge on any atom is 0.321 e. The van der Waals surface area contributed by atoms with E-state index in [4.69, 9.17) is 0 Å². The van der Waals surface area contributed by atoms with Gasteiger partial charge in [0.25, 0.3) is 0 Å². The van der Waals surface area contributed by atoms with Gasteiger partial charge in [-0.1, -0.05) is 42.5 Å². The monoisotopic (exact) mass is 391 g/mol. The predicted molar refractivity (Wildman–Crippen MR) is 115 cm³/mol. The van der Waals surface area contributed by atoms with Gasteiger partial charge in [-0.05, 0) is 55.4 Å². The van der Waals surface area contributed by atoms with Crippen LogP contribution in [0.25, 0.3) is 0 Å². The molecular weight excluding hydrogens is 362 g/mol. The van der Waals surface area contributed by atoms with Gasteiger partial charge in [-0.2, -0.15) is 0 Å². The van der Waals surface area contributed by atoms with Crippen molar-refractivity contribution in [2.45, 2.75) is 38.1 Å². The van der Waals surface area contributed by atoms with Crippen LogP contribution < -0.4 is 5.32 Å². The summed E-state index contributed by atoms with van der Waals surface area (Å²) in [6.45, 7) is 1.23. The molecule has 5 heteroatoms. The van der Waals surface area contributed by atoms with E-state index in [0.717, 1.165) is 37.8 Å². The molecule has 1 atom stereocenters. The zero-order valence-electron chi connectivity index (χ0n) is 17.0. The maximum absolute atomic E-state index is 13.2. The SMILES string of the molecule is CN(C(=O)C1CCN(C(=O)Nc2ccccc2)CC1)C1CCCc2ccccc21. The van der Waals surface area contributed by atoms with Crippen molar-refractivity contribution < 1.29 is 9.59 Å². The summed E-state index contributed by atoms with van der Waals surface area (Å²) in [6, 6.07) is 18.1. The number of benzene rings is 2. The molecule has 0 spiro atoms. The Kier molecular flexibility index (Phi) is 5.84. The predicted octanol–water partition coefficient (Wildman–Crippen LogP) is 4.47. The smallest absolute Gasteiger partial charge is 0.321 e. The van der Waals surface area contributed by atoms with Crippen LogP contribution in [0.5, 0.6) is 0 Å². The van der Waals surface area contributed by atoms with Crippen LogP contribution in [0.4, 0.5) is 10.5 Å². The van der Waals surface area contributed by atoms with E-state index in [1.165, 1.54) is 11.1 Å². The number of carbonyl (C=O) groups excluding carboxylic acids is 2. The Morgan fingerprint density at radius 3 is 2.41 bits per heavy atom. The van der Waals surface area contributed by atoms with Crippen LogP contribution in [0.1, 0.15) is 42.9 Å². The van der Waals surface area contributed by atoms with Gasteiger partial charge in [0.1, 0.15) is 0 Å². The zero-order chi connectivity index (χ0) is 20.2. The Hall–Kier alpha value is -2.82. The van der Waals surface area contributed by atoms with Crippen molar-refractivity contribution in [3.05, 3.63) is 65.7 Å².